The van der Waals surface area contributed by atoms with Crippen LogP contribution < -0.4 is 5.32 Å². The second-order valence-electron chi connectivity index (χ2n) is 4.28. The summed E-state index contributed by atoms with van der Waals surface area (Å²) in [6, 6.07) is 7.82. The van der Waals surface area contributed by atoms with Gasteiger partial charge in [0.2, 0.25) is 0 Å². The van der Waals surface area contributed by atoms with Gasteiger partial charge in [-0.2, -0.15) is 10.4 Å². The topological polar surface area (TPSA) is 70.7 Å². The van der Waals surface area contributed by atoms with Gasteiger partial charge in [-0.25, -0.2) is 4.68 Å². The molecule has 2 rings (SSSR count). The minimum Gasteiger partial charge on any atom is -0.355 e. The first-order valence-electron chi connectivity index (χ1n) is 5.86. The lowest BCUT2D eigenvalue weighted by atomic mass is 10.1. The Hall–Kier alpha value is -2.61. The number of carbonyl (C=O) groups excluding carboxylic acids is 1. The molecule has 0 atom stereocenters. The number of carbonyl (C=O) groups is 1. The van der Waals surface area contributed by atoms with Crippen LogP contribution in [-0.4, -0.2) is 22.7 Å². The fourth-order valence-corrected chi connectivity index (χ4v) is 1.81. The fourth-order valence-electron chi connectivity index (χ4n) is 1.81. The summed E-state index contributed by atoms with van der Waals surface area (Å²) >= 11 is 0. The molecule has 0 bridgehead atoms. The first kappa shape index (κ1) is 12.8. The monoisotopic (exact) mass is 254 g/mol. The third kappa shape index (κ3) is 2.20. The Morgan fingerprint density at radius 3 is 2.68 bits per heavy atom. The number of nitrogens with one attached hydrogen (secondary N) is 1. The number of amides is 1. The molecule has 96 valence electrons. The molecular formula is C14H14N4O. The molecule has 0 saturated heterocycles. The van der Waals surface area contributed by atoms with Crippen LogP contribution in [0.15, 0.2) is 24.4 Å². The van der Waals surface area contributed by atoms with E-state index in [1.54, 1.807) is 0 Å². The van der Waals surface area contributed by atoms with E-state index in [1.165, 1.54) is 23.5 Å². The summed E-state index contributed by atoms with van der Waals surface area (Å²) in [4.78, 5) is 11.6. The summed E-state index contributed by atoms with van der Waals surface area (Å²) in [6.45, 7) is 4.01. The normalized spacial score (nSPS) is 10.0. The van der Waals surface area contributed by atoms with Gasteiger partial charge in [-0.3, -0.25) is 4.79 Å². The number of nitrogens with zero attached hydrogens (tertiary/aromatic N) is 3. The van der Waals surface area contributed by atoms with Crippen molar-refractivity contribution in [2.45, 2.75) is 13.8 Å². The molecule has 0 aliphatic carbocycles. The van der Waals surface area contributed by atoms with Gasteiger partial charge in [-0.15, -0.1) is 0 Å². The number of hydrogen-bond donors (Lipinski definition) is 1. The standard InChI is InChI=1S/C14H14N4O/c1-9-4-5-11(6-10(9)2)18-13(7-15)12(8-17-18)14(19)16-3/h4-6,8H,1-3H3,(H,16,19). The van der Waals surface area contributed by atoms with Gasteiger partial charge in [0.15, 0.2) is 5.69 Å². The summed E-state index contributed by atoms with van der Waals surface area (Å²) < 4.78 is 1.48. The van der Waals surface area contributed by atoms with Crippen molar-refractivity contribution in [2.24, 2.45) is 0 Å². The highest BCUT2D eigenvalue weighted by molar-refractivity contribution is 5.95. The second kappa shape index (κ2) is 4.94. The molecule has 0 aliphatic heterocycles. The van der Waals surface area contributed by atoms with Crippen molar-refractivity contribution in [3.8, 4) is 11.8 Å². The van der Waals surface area contributed by atoms with Crippen molar-refractivity contribution < 1.29 is 4.79 Å². The lowest BCUT2D eigenvalue weighted by Gasteiger charge is -2.06. The maximum atomic E-state index is 11.6. The predicted molar refractivity (Wildman–Crippen MR) is 71.1 cm³/mol. The summed E-state index contributed by atoms with van der Waals surface area (Å²) in [5.74, 6) is -0.313. The van der Waals surface area contributed by atoms with E-state index < -0.39 is 0 Å². The minimum absolute atomic E-state index is 0.239. The zero-order chi connectivity index (χ0) is 14.0. The third-order valence-corrected chi connectivity index (χ3v) is 3.08. The molecule has 0 saturated carbocycles. The summed E-state index contributed by atoms with van der Waals surface area (Å²) in [5, 5.41) is 15.9. The molecule has 0 aliphatic rings. The van der Waals surface area contributed by atoms with Crippen molar-refractivity contribution in [1.82, 2.24) is 15.1 Å². The molecule has 2 aromatic rings. The molecule has 19 heavy (non-hydrogen) atoms. The summed E-state index contributed by atoms with van der Waals surface area (Å²) in [6.07, 6.45) is 1.41. The molecule has 0 radical (unpaired) electrons. The van der Waals surface area contributed by atoms with Crippen LogP contribution in [0.3, 0.4) is 0 Å². The molecule has 1 aromatic heterocycles. The van der Waals surface area contributed by atoms with E-state index in [0.29, 0.717) is 0 Å². The van der Waals surface area contributed by atoms with Crippen LogP contribution in [0.1, 0.15) is 27.2 Å². The van der Waals surface area contributed by atoms with Gasteiger partial charge in [-0.1, -0.05) is 6.07 Å². The number of benzene rings is 1. The van der Waals surface area contributed by atoms with Gasteiger partial charge < -0.3 is 5.32 Å². The Bertz CT molecular complexity index is 679. The van der Waals surface area contributed by atoms with Gasteiger partial charge in [0.25, 0.3) is 5.91 Å². The van der Waals surface area contributed by atoms with E-state index in [9.17, 15) is 10.1 Å². The van der Waals surface area contributed by atoms with Gasteiger partial charge in [-0.05, 0) is 37.1 Å². The Morgan fingerprint density at radius 2 is 2.11 bits per heavy atom. The van der Waals surface area contributed by atoms with Crippen LogP contribution >= 0.6 is 0 Å². The molecule has 1 heterocycles. The Morgan fingerprint density at radius 1 is 1.37 bits per heavy atom. The molecule has 5 nitrogen and oxygen atoms in total. The van der Waals surface area contributed by atoms with E-state index in [-0.39, 0.29) is 17.2 Å². The Labute approximate surface area is 111 Å². The molecule has 0 fully saturated rings. The molecular weight excluding hydrogens is 240 g/mol. The molecule has 0 unspecified atom stereocenters. The van der Waals surface area contributed by atoms with Gasteiger partial charge in [0.05, 0.1) is 17.4 Å². The molecule has 0 spiro atoms. The highest BCUT2D eigenvalue weighted by atomic mass is 16.1. The van der Waals surface area contributed by atoms with Crippen LogP contribution in [0.5, 0.6) is 0 Å². The van der Waals surface area contributed by atoms with Crippen LogP contribution in [0, 0.1) is 25.2 Å². The smallest absolute Gasteiger partial charge is 0.255 e. The first-order valence-corrected chi connectivity index (χ1v) is 5.86. The van der Waals surface area contributed by atoms with Gasteiger partial charge in [0, 0.05) is 7.05 Å². The highest BCUT2D eigenvalue weighted by Gasteiger charge is 2.17. The van der Waals surface area contributed by atoms with Crippen LogP contribution in [0.25, 0.3) is 5.69 Å². The van der Waals surface area contributed by atoms with Crippen LogP contribution in [0.2, 0.25) is 0 Å². The maximum absolute atomic E-state index is 11.6. The number of aryl methyl sites for hydroxylation is 2. The first-order chi connectivity index (χ1) is 9.08. The van der Waals surface area contributed by atoms with Crippen molar-refractivity contribution in [1.29, 1.82) is 5.26 Å². The van der Waals surface area contributed by atoms with Crippen molar-refractivity contribution >= 4 is 5.91 Å². The third-order valence-electron chi connectivity index (χ3n) is 3.08. The molecule has 1 aromatic carbocycles. The maximum Gasteiger partial charge on any atom is 0.255 e. The zero-order valence-electron chi connectivity index (χ0n) is 11.1. The van der Waals surface area contributed by atoms with Crippen molar-refractivity contribution in [3.63, 3.8) is 0 Å². The largest absolute Gasteiger partial charge is 0.355 e. The number of rotatable bonds is 2. The molecule has 5 heteroatoms. The van der Waals surface area contributed by atoms with E-state index in [4.69, 9.17) is 0 Å². The Balaban J connectivity index is 2.57. The van der Waals surface area contributed by atoms with Gasteiger partial charge >= 0.3 is 0 Å². The summed E-state index contributed by atoms with van der Waals surface area (Å²) in [7, 11) is 1.52. The number of hydrogen-bond acceptors (Lipinski definition) is 3. The van der Waals surface area contributed by atoms with Crippen molar-refractivity contribution in [2.75, 3.05) is 7.05 Å². The molecule has 1 amide bonds. The SMILES string of the molecule is CNC(=O)c1cnn(-c2ccc(C)c(C)c2)c1C#N. The quantitative estimate of drug-likeness (QED) is 0.887. The predicted octanol–water partition coefficient (Wildman–Crippen LogP) is 1.72. The average Bonchev–Trinajstić information content (AvgIpc) is 2.84. The number of aromatic nitrogens is 2. The minimum atomic E-state index is -0.313. The van der Waals surface area contributed by atoms with E-state index >= 15 is 0 Å². The van der Waals surface area contributed by atoms with E-state index in [2.05, 4.69) is 10.4 Å². The van der Waals surface area contributed by atoms with Crippen molar-refractivity contribution in [3.05, 3.63) is 46.8 Å². The molecule has 1 N–H and O–H groups in total. The second-order valence-corrected chi connectivity index (χ2v) is 4.28. The number of nitriles is 1. The van der Waals surface area contributed by atoms with Crippen LogP contribution in [-0.2, 0) is 0 Å². The fraction of sp³-hybridized carbons (Fsp3) is 0.214. The Kier molecular flexibility index (Phi) is 3.34. The lowest BCUT2D eigenvalue weighted by molar-refractivity contribution is 0.0963. The summed E-state index contributed by atoms with van der Waals surface area (Å²) in [5.41, 5.74) is 3.57. The van der Waals surface area contributed by atoms with Gasteiger partial charge in [0.1, 0.15) is 6.07 Å². The lowest BCUT2D eigenvalue weighted by Crippen LogP contribution is -2.18. The van der Waals surface area contributed by atoms with E-state index in [1.807, 2.05) is 38.1 Å². The van der Waals surface area contributed by atoms with Crippen LogP contribution in [0.4, 0.5) is 0 Å². The van der Waals surface area contributed by atoms with E-state index in [0.717, 1.165) is 11.3 Å². The highest BCUT2D eigenvalue weighted by Crippen LogP contribution is 2.17. The zero-order valence-corrected chi connectivity index (χ0v) is 11.1. The average molecular weight is 254 g/mol.